The number of benzene rings is 3. The minimum atomic E-state index is -0.881. The Hall–Kier alpha value is -3.93. The summed E-state index contributed by atoms with van der Waals surface area (Å²) in [5.74, 6) is -1.52. The number of carbonyl (C=O) groups is 3. The van der Waals surface area contributed by atoms with Crippen molar-refractivity contribution in [2.24, 2.45) is 0 Å². The highest BCUT2D eigenvalue weighted by atomic mass is 16.5. The highest BCUT2D eigenvalue weighted by molar-refractivity contribution is 6.09. The maximum Gasteiger partial charge on any atom is 0.328 e. The maximum atomic E-state index is 12.9. The normalized spacial score (nSPS) is 12.4. The van der Waals surface area contributed by atoms with Gasteiger partial charge in [-0.25, -0.2) is 4.79 Å². The molecule has 0 fully saturated rings. The van der Waals surface area contributed by atoms with Gasteiger partial charge in [0.2, 0.25) is 5.91 Å². The molecular weight excluding hydrogens is 406 g/mol. The summed E-state index contributed by atoms with van der Waals surface area (Å²) in [5.41, 5.74) is 2.49. The van der Waals surface area contributed by atoms with E-state index in [0.717, 1.165) is 5.56 Å². The van der Waals surface area contributed by atoms with Crippen molar-refractivity contribution in [3.8, 4) is 5.75 Å². The van der Waals surface area contributed by atoms with Crippen LogP contribution in [0.25, 0.3) is 0 Å². The number of phenols is 1. The van der Waals surface area contributed by atoms with Crippen LogP contribution in [-0.2, 0) is 20.7 Å². The third kappa shape index (κ3) is 5.60. The maximum absolute atomic E-state index is 12.9. The number of rotatable bonds is 8. The van der Waals surface area contributed by atoms with Crippen LogP contribution in [0.3, 0.4) is 0 Å². The van der Waals surface area contributed by atoms with Gasteiger partial charge in [0.15, 0.2) is 5.78 Å². The Kier molecular flexibility index (Phi) is 7.39. The first-order valence-corrected chi connectivity index (χ1v) is 10.2. The van der Waals surface area contributed by atoms with Crippen molar-refractivity contribution in [3.63, 3.8) is 0 Å². The van der Waals surface area contributed by atoms with Crippen molar-refractivity contribution in [2.75, 3.05) is 7.11 Å². The number of amides is 1. The summed E-state index contributed by atoms with van der Waals surface area (Å²) in [4.78, 5) is 37.9. The fraction of sp³-hybridized carbons (Fsp3) is 0.192. The molecule has 0 aromatic heterocycles. The molecule has 6 heteroatoms. The molecule has 0 bridgehead atoms. The zero-order valence-electron chi connectivity index (χ0n) is 17.9. The zero-order valence-corrected chi connectivity index (χ0v) is 17.9. The Labute approximate surface area is 186 Å². The predicted molar refractivity (Wildman–Crippen MR) is 120 cm³/mol. The van der Waals surface area contributed by atoms with Crippen LogP contribution in [-0.4, -0.2) is 35.9 Å². The number of ether oxygens (including phenoxy) is 1. The molecule has 3 aromatic rings. The van der Waals surface area contributed by atoms with E-state index >= 15 is 0 Å². The summed E-state index contributed by atoms with van der Waals surface area (Å²) >= 11 is 0. The number of methoxy groups -OCH3 is 1. The first kappa shape index (κ1) is 22.7. The molecule has 0 aliphatic heterocycles. The van der Waals surface area contributed by atoms with Gasteiger partial charge in [-0.05, 0) is 36.2 Å². The Morgan fingerprint density at radius 1 is 0.906 bits per heavy atom. The fourth-order valence-electron chi connectivity index (χ4n) is 3.36. The van der Waals surface area contributed by atoms with E-state index in [9.17, 15) is 19.5 Å². The standard InChI is InChI=1S/C26H25NO5/c1-17(20-9-6-10-21(16-20)24(29)19-7-4-3-5-8-19)25(30)27-23(26(31)32-2)15-18-11-13-22(28)14-12-18/h3-14,16-17,23,28H,15H2,1-2H3,(H,27,30)/t17-,23-/m0/s1. The van der Waals surface area contributed by atoms with Crippen LogP contribution in [0.1, 0.15) is 39.9 Å². The molecule has 6 nitrogen and oxygen atoms in total. The van der Waals surface area contributed by atoms with E-state index in [1.807, 2.05) is 6.07 Å². The number of esters is 1. The molecule has 0 heterocycles. The Balaban J connectivity index is 1.75. The van der Waals surface area contributed by atoms with Crippen molar-refractivity contribution in [3.05, 3.63) is 101 Å². The molecule has 2 N–H and O–H groups in total. The Morgan fingerprint density at radius 2 is 1.56 bits per heavy atom. The highest BCUT2D eigenvalue weighted by Gasteiger charge is 2.25. The quantitative estimate of drug-likeness (QED) is 0.420. The fourth-order valence-corrected chi connectivity index (χ4v) is 3.36. The number of carbonyl (C=O) groups excluding carboxylic acids is 3. The smallest absolute Gasteiger partial charge is 0.328 e. The summed E-state index contributed by atoms with van der Waals surface area (Å²) in [6.45, 7) is 1.72. The van der Waals surface area contributed by atoms with E-state index in [1.54, 1.807) is 67.6 Å². The Bertz CT molecular complexity index is 1090. The van der Waals surface area contributed by atoms with Gasteiger partial charge in [0.1, 0.15) is 11.8 Å². The van der Waals surface area contributed by atoms with Gasteiger partial charge in [-0.2, -0.15) is 0 Å². The van der Waals surface area contributed by atoms with Gasteiger partial charge in [0.25, 0.3) is 0 Å². The van der Waals surface area contributed by atoms with Gasteiger partial charge < -0.3 is 15.2 Å². The largest absolute Gasteiger partial charge is 0.508 e. The monoisotopic (exact) mass is 431 g/mol. The number of hydrogen-bond acceptors (Lipinski definition) is 5. The second-order valence-corrected chi connectivity index (χ2v) is 7.50. The number of aromatic hydroxyl groups is 1. The third-order valence-electron chi connectivity index (χ3n) is 5.26. The molecule has 1 amide bonds. The molecule has 164 valence electrons. The van der Waals surface area contributed by atoms with Gasteiger partial charge in [0.05, 0.1) is 13.0 Å². The van der Waals surface area contributed by atoms with E-state index in [4.69, 9.17) is 4.74 Å². The molecule has 2 atom stereocenters. The van der Waals surface area contributed by atoms with E-state index in [-0.39, 0.29) is 23.9 Å². The minimum absolute atomic E-state index is 0.117. The van der Waals surface area contributed by atoms with E-state index in [2.05, 4.69) is 5.32 Å². The molecule has 3 rings (SSSR count). The molecule has 0 unspecified atom stereocenters. The van der Waals surface area contributed by atoms with Gasteiger partial charge in [0, 0.05) is 17.5 Å². The average Bonchev–Trinajstić information content (AvgIpc) is 2.84. The molecule has 0 aliphatic carbocycles. The molecule has 0 saturated heterocycles. The number of hydrogen-bond donors (Lipinski definition) is 2. The zero-order chi connectivity index (χ0) is 23.1. The van der Waals surface area contributed by atoms with E-state index < -0.39 is 17.9 Å². The number of nitrogens with one attached hydrogen (secondary N) is 1. The molecule has 0 spiro atoms. The number of phenolic OH excluding ortho intramolecular Hbond substituents is 1. The van der Waals surface area contributed by atoms with Crippen molar-refractivity contribution in [2.45, 2.75) is 25.3 Å². The van der Waals surface area contributed by atoms with E-state index in [1.165, 1.54) is 19.2 Å². The lowest BCUT2D eigenvalue weighted by atomic mass is 9.94. The summed E-state index contributed by atoms with van der Waals surface area (Å²) < 4.78 is 4.85. The van der Waals surface area contributed by atoms with Crippen LogP contribution >= 0.6 is 0 Å². The van der Waals surface area contributed by atoms with Crippen LogP contribution in [0.15, 0.2) is 78.9 Å². The van der Waals surface area contributed by atoms with Crippen LogP contribution in [0.4, 0.5) is 0 Å². The van der Waals surface area contributed by atoms with Crippen LogP contribution in [0, 0.1) is 0 Å². The first-order chi connectivity index (χ1) is 15.4. The van der Waals surface area contributed by atoms with Crippen molar-refractivity contribution in [1.82, 2.24) is 5.32 Å². The second kappa shape index (κ2) is 10.4. The van der Waals surface area contributed by atoms with Crippen molar-refractivity contribution in [1.29, 1.82) is 0 Å². The average molecular weight is 431 g/mol. The van der Waals surface area contributed by atoms with Gasteiger partial charge in [-0.3, -0.25) is 9.59 Å². The first-order valence-electron chi connectivity index (χ1n) is 10.2. The van der Waals surface area contributed by atoms with Gasteiger partial charge >= 0.3 is 5.97 Å². The van der Waals surface area contributed by atoms with E-state index in [0.29, 0.717) is 16.7 Å². The van der Waals surface area contributed by atoms with Crippen LogP contribution in [0.2, 0.25) is 0 Å². The third-order valence-corrected chi connectivity index (χ3v) is 5.26. The highest BCUT2D eigenvalue weighted by Crippen LogP contribution is 2.20. The second-order valence-electron chi connectivity index (χ2n) is 7.50. The van der Waals surface area contributed by atoms with Crippen LogP contribution < -0.4 is 5.32 Å². The summed E-state index contributed by atoms with van der Waals surface area (Å²) in [7, 11) is 1.26. The summed E-state index contributed by atoms with van der Waals surface area (Å²) in [5, 5.41) is 12.2. The predicted octanol–water partition coefficient (Wildman–Crippen LogP) is 3.63. The lowest BCUT2D eigenvalue weighted by molar-refractivity contribution is -0.145. The lowest BCUT2D eigenvalue weighted by Gasteiger charge is -2.20. The summed E-state index contributed by atoms with van der Waals surface area (Å²) in [6, 6.07) is 21.4. The van der Waals surface area contributed by atoms with Crippen molar-refractivity contribution >= 4 is 17.7 Å². The summed E-state index contributed by atoms with van der Waals surface area (Å²) in [6.07, 6.45) is 0.220. The Morgan fingerprint density at radius 3 is 2.22 bits per heavy atom. The van der Waals surface area contributed by atoms with Crippen LogP contribution in [0.5, 0.6) is 5.75 Å². The SMILES string of the molecule is COC(=O)[C@H](Cc1ccc(O)cc1)NC(=O)[C@@H](C)c1cccc(C(=O)c2ccccc2)c1. The molecule has 0 radical (unpaired) electrons. The number of ketones is 1. The van der Waals surface area contributed by atoms with Gasteiger partial charge in [-0.15, -0.1) is 0 Å². The molecule has 32 heavy (non-hydrogen) atoms. The lowest BCUT2D eigenvalue weighted by Crippen LogP contribution is -2.44. The minimum Gasteiger partial charge on any atom is -0.508 e. The molecule has 0 aliphatic rings. The topological polar surface area (TPSA) is 92.7 Å². The van der Waals surface area contributed by atoms with Crippen molar-refractivity contribution < 1.29 is 24.2 Å². The molecular formula is C26H25NO5. The molecule has 0 saturated carbocycles. The van der Waals surface area contributed by atoms with Gasteiger partial charge in [-0.1, -0.05) is 60.7 Å². The molecule has 3 aromatic carbocycles.